The van der Waals surface area contributed by atoms with Crippen LogP contribution in [-0.4, -0.2) is 49.8 Å². The maximum absolute atomic E-state index is 12.1. The predicted molar refractivity (Wildman–Crippen MR) is 87.3 cm³/mol. The Morgan fingerprint density at radius 2 is 1.95 bits per heavy atom. The first kappa shape index (κ1) is 16.0. The summed E-state index contributed by atoms with van der Waals surface area (Å²) in [5, 5.41) is 7.51. The van der Waals surface area contributed by atoms with E-state index < -0.39 is 0 Å². The Labute approximate surface area is 133 Å². The molecule has 0 aromatic carbocycles. The summed E-state index contributed by atoms with van der Waals surface area (Å²) >= 11 is 1.30. The predicted octanol–water partition coefficient (Wildman–Crippen LogP) is 2.16. The number of pyridine rings is 1. The number of hydrogen-bond acceptors (Lipinski definition) is 5. The Kier molecular flexibility index (Phi) is 5.91. The number of thioether (sulfide) groups is 1. The summed E-state index contributed by atoms with van der Waals surface area (Å²) in [6.07, 6.45) is 6.77. The Bertz CT molecular complexity index is 630. The first-order chi connectivity index (χ1) is 10.7. The van der Waals surface area contributed by atoms with Crippen molar-refractivity contribution < 1.29 is 4.79 Å². The van der Waals surface area contributed by atoms with Crippen LogP contribution in [-0.2, 0) is 4.79 Å². The van der Waals surface area contributed by atoms with Gasteiger partial charge in [0, 0.05) is 31.0 Å². The van der Waals surface area contributed by atoms with E-state index in [2.05, 4.69) is 33.3 Å². The van der Waals surface area contributed by atoms with Crippen LogP contribution in [0.3, 0.4) is 0 Å². The lowest BCUT2D eigenvalue weighted by molar-refractivity contribution is -0.127. The third-order valence-corrected chi connectivity index (χ3v) is 3.63. The molecule has 0 atom stereocenters. The number of hydrogen-bond donors (Lipinski definition) is 1. The van der Waals surface area contributed by atoms with Crippen LogP contribution in [0.4, 0.5) is 0 Å². The van der Waals surface area contributed by atoms with Crippen LogP contribution < -0.4 is 0 Å². The Balaban J connectivity index is 1.94. The van der Waals surface area contributed by atoms with E-state index in [0.717, 1.165) is 5.56 Å². The SMILES string of the molecule is C=CCN(CC=C)C(=O)CSc1n[nH]c(-c2ccncc2)n1. The van der Waals surface area contributed by atoms with Gasteiger partial charge in [0.05, 0.1) is 5.75 Å². The minimum atomic E-state index is 0.0000566. The number of aromatic amines is 1. The zero-order chi connectivity index (χ0) is 15.8. The molecule has 6 nitrogen and oxygen atoms in total. The molecule has 0 unspecified atom stereocenters. The second-order valence-electron chi connectivity index (χ2n) is 4.37. The van der Waals surface area contributed by atoms with Crippen molar-refractivity contribution in [3.8, 4) is 11.4 Å². The van der Waals surface area contributed by atoms with Gasteiger partial charge in [-0.3, -0.25) is 14.9 Å². The summed E-state index contributed by atoms with van der Waals surface area (Å²) in [6.45, 7) is 8.30. The van der Waals surface area contributed by atoms with E-state index in [1.54, 1.807) is 29.4 Å². The highest BCUT2D eigenvalue weighted by molar-refractivity contribution is 7.99. The molecule has 0 aliphatic heterocycles. The fraction of sp³-hybridized carbons (Fsp3) is 0.200. The fourth-order valence-electron chi connectivity index (χ4n) is 1.76. The van der Waals surface area contributed by atoms with Crippen LogP contribution in [0.5, 0.6) is 0 Å². The molecule has 7 heteroatoms. The van der Waals surface area contributed by atoms with E-state index in [1.165, 1.54) is 11.8 Å². The van der Waals surface area contributed by atoms with Gasteiger partial charge in [-0.05, 0) is 12.1 Å². The van der Waals surface area contributed by atoms with Gasteiger partial charge in [0.1, 0.15) is 0 Å². The molecular weight excluding hydrogens is 298 g/mol. The number of aromatic nitrogens is 4. The van der Waals surface area contributed by atoms with Gasteiger partial charge < -0.3 is 4.90 Å². The fourth-order valence-corrected chi connectivity index (χ4v) is 2.46. The first-order valence-corrected chi connectivity index (χ1v) is 7.68. The van der Waals surface area contributed by atoms with Crippen molar-refractivity contribution in [3.63, 3.8) is 0 Å². The zero-order valence-corrected chi connectivity index (χ0v) is 12.9. The molecular formula is C15H17N5OS. The smallest absolute Gasteiger partial charge is 0.233 e. The van der Waals surface area contributed by atoms with E-state index >= 15 is 0 Å². The van der Waals surface area contributed by atoms with Gasteiger partial charge in [0.25, 0.3) is 0 Å². The zero-order valence-electron chi connectivity index (χ0n) is 12.1. The average molecular weight is 315 g/mol. The third-order valence-electron chi connectivity index (χ3n) is 2.80. The van der Waals surface area contributed by atoms with Gasteiger partial charge >= 0.3 is 0 Å². The van der Waals surface area contributed by atoms with Crippen LogP contribution in [0.2, 0.25) is 0 Å². The normalized spacial score (nSPS) is 10.2. The van der Waals surface area contributed by atoms with Crippen LogP contribution >= 0.6 is 11.8 Å². The second kappa shape index (κ2) is 8.14. The summed E-state index contributed by atoms with van der Waals surface area (Å²) in [6, 6.07) is 3.69. The minimum absolute atomic E-state index is 0.0000566. The number of nitrogens with one attached hydrogen (secondary N) is 1. The van der Waals surface area contributed by atoms with Crippen LogP contribution in [0.25, 0.3) is 11.4 Å². The second-order valence-corrected chi connectivity index (χ2v) is 5.31. The Hall–Kier alpha value is -2.41. The van der Waals surface area contributed by atoms with Gasteiger partial charge in [-0.1, -0.05) is 23.9 Å². The quantitative estimate of drug-likeness (QED) is 0.597. The van der Waals surface area contributed by atoms with Crippen molar-refractivity contribution in [2.24, 2.45) is 0 Å². The summed E-state index contributed by atoms with van der Waals surface area (Å²) in [5.74, 6) is 0.932. The molecule has 0 saturated heterocycles. The number of H-pyrrole nitrogens is 1. The number of carbonyl (C=O) groups excluding carboxylic acids is 1. The summed E-state index contributed by atoms with van der Waals surface area (Å²) in [5.41, 5.74) is 0.903. The maximum atomic E-state index is 12.1. The standard InChI is InChI=1S/C15H17N5OS/c1-3-9-20(10-4-2)13(21)11-22-15-17-14(18-19-15)12-5-7-16-8-6-12/h3-8H,1-2,9-11H2,(H,17,18,19). The molecule has 0 radical (unpaired) electrons. The van der Waals surface area contributed by atoms with E-state index in [-0.39, 0.29) is 11.7 Å². The highest BCUT2D eigenvalue weighted by atomic mass is 32.2. The van der Waals surface area contributed by atoms with Crippen molar-refractivity contribution in [1.29, 1.82) is 0 Å². The number of rotatable bonds is 8. The highest BCUT2D eigenvalue weighted by Gasteiger charge is 2.13. The lowest BCUT2D eigenvalue weighted by Crippen LogP contribution is -2.32. The molecule has 1 N–H and O–H groups in total. The van der Waals surface area contributed by atoms with Gasteiger partial charge in [0.15, 0.2) is 5.82 Å². The van der Waals surface area contributed by atoms with Gasteiger partial charge in [0.2, 0.25) is 11.1 Å². The highest BCUT2D eigenvalue weighted by Crippen LogP contribution is 2.18. The van der Waals surface area contributed by atoms with Crippen molar-refractivity contribution in [1.82, 2.24) is 25.1 Å². The first-order valence-electron chi connectivity index (χ1n) is 6.69. The van der Waals surface area contributed by atoms with E-state index in [0.29, 0.717) is 24.1 Å². The topological polar surface area (TPSA) is 74.8 Å². The number of carbonyl (C=O) groups is 1. The summed E-state index contributed by atoms with van der Waals surface area (Å²) in [7, 11) is 0. The largest absolute Gasteiger partial charge is 0.335 e. The lowest BCUT2D eigenvalue weighted by Gasteiger charge is -2.18. The molecule has 0 saturated carbocycles. The molecule has 0 spiro atoms. The Morgan fingerprint density at radius 1 is 1.27 bits per heavy atom. The summed E-state index contributed by atoms with van der Waals surface area (Å²) < 4.78 is 0. The average Bonchev–Trinajstić information content (AvgIpc) is 3.02. The molecule has 0 aliphatic rings. The minimum Gasteiger partial charge on any atom is -0.335 e. The third kappa shape index (κ3) is 4.29. The monoisotopic (exact) mass is 315 g/mol. The maximum Gasteiger partial charge on any atom is 0.233 e. The van der Waals surface area contributed by atoms with Gasteiger partial charge in [-0.2, -0.15) is 0 Å². The van der Waals surface area contributed by atoms with Gasteiger partial charge in [-0.15, -0.1) is 18.3 Å². The van der Waals surface area contributed by atoms with Crippen molar-refractivity contribution in [3.05, 3.63) is 49.8 Å². The van der Waals surface area contributed by atoms with E-state index in [1.807, 2.05) is 12.1 Å². The van der Waals surface area contributed by atoms with Crippen molar-refractivity contribution in [2.45, 2.75) is 5.16 Å². The molecule has 0 bridgehead atoms. The molecule has 114 valence electrons. The van der Waals surface area contributed by atoms with Crippen LogP contribution in [0, 0.1) is 0 Å². The molecule has 2 aromatic heterocycles. The molecule has 22 heavy (non-hydrogen) atoms. The van der Waals surface area contributed by atoms with Crippen molar-refractivity contribution in [2.75, 3.05) is 18.8 Å². The number of nitrogens with zero attached hydrogens (tertiary/aromatic N) is 4. The van der Waals surface area contributed by atoms with E-state index in [4.69, 9.17) is 0 Å². The van der Waals surface area contributed by atoms with Crippen molar-refractivity contribution >= 4 is 17.7 Å². The molecule has 2 aromatic rings. The van der Waals surface area contributed by atoms with E-state index in [9.17, 15) is 4.79 Å². The number of amides is 1. The van der Waals surface area contributed by atoms with Crippen LogP contribution in [0.15, 0.2) is 55.0 Å². The molecule has 2 rings (SSSR count). The lowest BCUT2D eigenvalue weighted by atomic mass is 10.3. The molecule has 2 heterocycles. The van der Waals surface area contributed by atoms with Gasteiger partial charge in [-0.25, -0.2) is 4.98 Å². The molecule has 0 aliphatic carbocycles. The molecule has 1 amide bonds. The Morgan fingerprint density at radius 3 is 2.59 bits per heavy atom. The summed E-state index contributed by atoms with van der Waals surface area (Å²) in [4.78, 5) is 22.1. The molecule has 0 fully saturated rings. The van der Waals surface area contributed by atoms with Crippen LogP contribution in [0.1, 0.15) is 0 Å².